The zero-order valence-electron chi connectivity index (χ0n) is 9.93. The third-order valence-electron chi connectivity index (χ3n) is 2.60. The molecule has 96 valence electrons. The maximum absolute atomic E-state index is 11.8. The van der Waals surface area contributed by atoms with Gasteiger partial charge in [0.05, 0.1) is 4.47 Å². The minimum absolute atomic E-state index is 0.360. The summed E-state index contributed by atoms with van der Waals surface area (Å²) in [7, 11) is 0. The quantitative estimate of drug-likeness (QED) is 0.666. The van der Waals surface area contributed by atoms with E-state index in [1.54, 1.807) is 18.2 Å². The molecule has 5 heteroatoms. The van der Waals surface area contributed by atoms with Crippen molar-refractivity contribution in [3.63, 3.8) is 0 Å². The Morgan fingerprint density at radius 3 is 2.89 bits per heavy atom. The molecule has 0 atom stereocenters. The second-order valence-corrected chi connectivity index (χ2v) is 5.32. The standard InChI is InChI=1S/C13H13BrClNO2/c1-2-3-4-16-11-6-8-5-9(15)7-10(14)12(8)18-13(11)17/h5-7,16H,2-4H2,1H3. The van der Waals surface area contributed by atoms with Gasteiger partial charge in [0.2, 0.25) is 0 Å². The van der Waals surface area contributed by atoms with Crippen molar-refractivity contribution in [2.45, 2.75) is 19.8 Å². The van der Waals surface area contributed by atoms with Gasteiger partial charge in [-0.25, -0.2) is 4.79 Å². The van der Waals surface area contributed by atoms with E-state index >= 15 is 0 Å². The highest BCUT2D eigenvalue weighted by Crippen LogP contribution is 2.28. The molecule has 0 aliphatic heterocycles. The van der Waals surface area contributed by atoms with Crippen molar-refractivity contribution in [3.8, 4) is 0 Å². The molecule has 0 saturated carbocycles. The predicted octanol–water partition coefficient (Wildman–Crippen LogP) is 4.42. The van der Waals surface area contributed by atoms with E-state index in [9.17, 15) is 4.79 Å². The summed E-state index contributed by atoms with van der Waals surface area (Å²) in [5.41, 5.74) is 0.636. The number of nitrogens with one attached hydrogen (secondary N) is 1. The van der Waals surface area contributed by atoms with E-state index in [1.807, 2.05) is 0 Å². The zero-order chi connectivity index (χ0) is 13.1. The summed E-state index contributed by atoms with van der Waals surface area (Å²) in [5.74, 6) is 0. The van der Waals surface area contributed by atoms with Crippen LogP contribution >= 0.6 is 27.5 Å². The number of hydrogen-bond acceptors (Lipinski definition) is 3. The van der Waals surface area contributed by atoms with E-state index in [0.717, 1.165) is 24.8 Å². The van der Waals surface area contributed by atoms with E-state index in [1.165, 1.54) is 0 Å². The molecule has 0 aliphatic rings. The number of anilines is 1. The summed E-state index contributed by atoms with van der Waals surface area (Å²) in [6, 6.07) is 5.25. The lowest BCUT2D eigenvalue weighted by Crippen LogP contribution is -2.11. The number of rotatable bonds is 4. The van der Waals surface area contributed by atoms with Crippen LogP contribution in [0.15, 0.2) is 31.9 Å². The maximum Gasteiger partial charge on any atom is 0.359 e. The van der Waals surface area contributed by atoms with Gasteiger partial charge in [-0.05, 0) is 40.5 Å². The minimum Gasteiger partial charge on any atom is -0.420 e. The van der Waals surface area contributed by atoms with Crippen LogP contribution < -0.4 is 10.9 Å². The highest BCUT2D eigenvalue weighted by Gasteiger charge is 2.08. The molecule has 2 rings (SSSR count). The molecule has 0 aliphatic carbocycles. The second kappa shape index (κ2) is 5.76. The topological polar surface area (TPSA) is 42.2 Å². The first-order valence-electron chi connectivity index (χ1n) is 5.78. The van der Waals surface area contributed by atoms with E-state index in [-0.39, 0.29) is 5.63 Å². The molecule has 0 amide bonds. The van der Waals surface area contributed by atoms with Crippen LogP contribution in [0, 0.1) is 0 Å². The summed E-state index contributed by atoms with van der Waals surface area (Å²) >= 11 is 9.31. The van der Waals surface area contributed by atoms with Gasteiger partial charge in [0.25, 0.3) is 0 Å². The average Bonchev–Trinajstić information content (AvgIpc) is 2.31. The Hall–Kier alpha value is -1.00. The number of hydrogen-bond donors (Lipinski definition) is 1. The number of halogens is 2. The van der Waals surface area contributed by atoms with Crippen LogP contribution in [-0.2, 0) is 0 Å². The lowest BCUT2D eigenvalue weighted by Gasteiger charge is -2.06. The number of fused-ring (bicyclic) bond motifs is 1. The minimum atomic E-state index is -0.360. The SMILES string of the molecule is CCCCNc1cc2cc(Cl)cc(Br)c2oc1=O. The van der Waals surface area contributed by atoms with Gasteiger partial charge in [0.1, 0.15) is 5.69 Å². The van der Waals surface area contributed by atoms with E-state index < -0.39 is 0 Å². The van der Waals surface area contributed by atoms with Crippen LogP contribution in [0.2, 0.25) is 5.02 Å². The molecular weight excluding hydrogens is 318 g/mol. The molecule has 18 heavy (non-hydrogen) atoms. The fourth-order valence-corrected chi connectivity index (χ4v) is 2.60. The zero-order valence-corrected chi connectivity index (χ0v) is 12.3. The maximum atomic E-state index is 11.8. The first kappa shape index (κ1) is 13.4. The fraction of sp³-hybridized carbons (Fsp3) is 0.308. The Balaban J connectivity index is 2.44. The summed E-state index contributed by atoms with van der Waals surface area (Å²) in [5, 5.41) is 4.48. The van der Waals surface area contributed by atoms with Gasteiger partial charge in [-0.2, -0.15) is 0 Å². The molecule has 1 heterocycles. The van der Waals surface area contributed by atoms with Crippen LogP contribution in [0.25, 0.3) is 11.0 Å². The van der Waals surface area contributed by atoms with Crippen LogP contribution in [0.1, 0.15) is 19.8 Å². The first-order valence-corrected chi connectivity index (χ1v) is 6.95. The van der Waals surface area contributed by atoms with Crippen molar-refractivity contribution in [2.75, 3.05) is 11.9 Å². The Morgan fingerprint density at radius 2 is 2.17 bits per heavy atom. The first-order chi connectivity index (χ1) is 8.61. The lowest BCUT2D eigenvalue weighted by atomic mass is 10.2. The molecule has 0 bridgehead atoms. The van der Waals surface area contributed by atoms with Crippen molar-refractivity contribution in [1.29, 1.82) is 0 Å². The van der Waals surface area contributed by atoms with Crippen molar-refractivity contribution >= 4 is 44.2 Å². The van der Waals surface area contributed by atoms with Gasteiger partial charge in [-0.15, -0.1) is 0 Å². The Morgan fingerprint density at radius 1 is 1.39 bits per heavy atom. The van der Waals surface area contributed by atoms with Crippen LogP contribution in [0.3, 0.4) is 0 Å². The normalized spacial score (nSPS) is 10.8. The number of benzene rings is 1. The highest BCUT2D eigenvalue weighted by atomic mass is 79.9. The van der Waals surface area contributed by atoms with Crippen LogP contribution in [0.4, 0.5) is 5.69 Å². The molecular formula is C13H13BrClNO2. The van der Waals surface area contributed by atoms with Gasteiger partial charge in [0, 0.05) is 17.0 Å². The summed E-state index contributed by atoms with van der Waals surface area (Å²) in [4.78, 5) is 11.8. The Kier molecular flexibility index (Phi) is 4.30. The largest absolute Gasteiger partial charge is 0.420 e. The van der Waals surface area contributed by atoms with Gasteiger partial charge in [-0.1, -0.05) is 24.9 Å². The number of unbranched alkanes of at least 4 members (excludes halogenated alkanes) is 1. The van der Waals surface area contributed by atoms with Gasteiger partial charge in [-0.3, -0.25) is 0 Å². The van der Waals surface area contributed by atoms with E-state index in [4.69, 9.17) is 16.0 Å². The molecule has 0 fully saturated rings. The molecule has 2 aromatic rings. The molecule has 1 N–H and O–H groups in total. The molecule has 0 radical (unpaired) electrons. The Labute approximate surface area is 118 Å². The summed E-state index contributed by atoms with van der Waals surface area (Å²) < 4.78 is 5.97. The monoisotopic (exact) mass is 329 g/mol. The Bertz CT molecular complexity index is 624. The van der Waals surface area contributed by atoms with Crippen molar-refractivity contribution in [1.82, 2.24) is 0 Å². The molecule has 0 spiro atoms. The fourth-order valence-electron chi connectivity index (χ4n) is 1.68. The highest BCUT2D eigenvalue weighted by molar-refractivity contribution is 9.10. The van der Waals surface area contributed by atoms with Gasteiger partial charge >= 0.3 is 5.63 Å². The molecule has 0 saturated heterocycles. The van der Waals surface area contributed by atoms with Crippen LogP contribution in [-0.4, -0.2) is 6.54 Å². The van der Waals surface area contributed by atoms with E-state index in [2.05, 4.69) is 28.2 Å². The van der Waals surface area contributed by atoms with Crippen molar-refractivity contribution in [3.05, 3.63) is 38.1 Å². The third-order valence-corrected chi connectivity index (χ3v) is 3.40. The van der Waals surface area contributed by atoms with Gasteiger partial charge in [0.15, 0.2) is 5.58 Å². The average molecular weight is 331 g/mol. The smallest absolute Gasteiger partial charge is 0.359 e. The van der Waals surface area contributed by atoms with Crippen molar-refractivity contribution < 1.29 is 4.42 Å². The molecule has 0 unspecified atom stereocenters. The third kappa shape index (κ3) is 2.87. The van der Waals surface area contributed by atoms with Crippen LogP contribution in [0.5, 0.6) is 0 Å². The predicted molar refractivity (Wildman–Crippen MR) is 78.6 cm³/mol. The summed E-state index contributed by atoms with van der Waals surface area (Å²) in [6.07, 6.45) is 2.08. The molecule has 1 aromatic carbocycles. The summed E-state index contributed by atoms with van der Waals surface area (Å²) in [6.45, 7) is 2.86. The second-order valence-electron chi connectivity index (χ2n) is 4.03. The van der Waals surface area contributed by atoms with E-state index in [0.29, 0.717) is 20.8 Å². The molecule has 1 aromatic heterocycles. The van der Waals surface area contributed by atoms with Gasteiger partial charge < -0.3 is 9.73 Å². The lowest BCUT2D eigenvalue weighted by molar-refractivity contribution is 0.561. The van der Waals surface area contributed by atoms with Crippen molar-refractivity contribution in [2.24, 2.45) is 0 Å². The molecule has 3 nitrogen and oxygen atoms in total.